The molecule has 1 aromatic rings. The Bertz CT molecular complexity index is 714. The molecule has 2 fully saturated rings. The summed E-state index contributed by atoms with van der Waals surface area (Å²) in [5.41, 5.74) is 0.674. The van der Waals surface area contributed by atoms with Gasteiger partial charge in [0.15, 0.2) is 0 Å². The molecule has 2 amide bonds. The molecule has 2 aliphatic heterocycles. The highest BCUT2D eigenvalue weighted by atomic mass is 32.1. The van der Waals surface area contributed by atoms with Gasteiger partial charge in [0.25, 0.3) is 5.69 Å². The molecule has 9 nitrogen and oxygen atoms in total. The van der Waals surface area contributed by atoms with E-state index in [-0.39, 0.29) is 29.5 Å². The zero-order valence-corrected chi connectivity index (χ0v) is 15.6. The maximum Gasteiger partial charge on any atom is 0.410 e. The Labute approximate surface area is 162 Å². The van der Waals surface area contributed by atoms with Crippen LogP contribution in [0.4, 0.5) is 10.5 Å². The highest BCUT2D eigenvalue weighted by Crippen LogP contribution is 2.24. The van der Waals surface area contributed by atoms with Crippen LogP contribution in [0.2, 0.25) is 0 Å². The van der Waals surface area contributed by atoms with Crippen molar-refractivity contribution in [3.63, 3.8) is 0 Å². The number of thiol groups is 1. The van der Waals surface area contributed by atoms with E-state index < -0.39 is 11.0 Å². The lowest BCUT2D eigenvalue weighted by atomic mass is 10.2. The largest absolute Gasteiger partial charge is 0.445 e. The lowest BCUT2D eigenvalue weighted by Crippen LogP contribution is -2.52. The average Bonchev–Trinajstić information content (AvgIpc) is 3.00. The van der Waals surface area contributed by atoms with E-state index >= 15 is 0 Å². The van der Waals surface area contributed by atoms with Crippen LogP contribution in [-0.2, 0) is 16.1 Å². The number of rotatable bonds is 5. The fourth-order valence-corrected chi connectivity index (χ4v) is 3.80. The summed E-state index contributed by atoms with van der Waals surface area (Å²) in [6.07, 6.45) is 0.310. The lowest BCUT2D eigenvalue weighted by molar-refractivity contribution is -0.384. The minimum atomic E-state index is -0.474. The van der Waals surface area contributed by atoms with E-state index in [4.69, 9.17) is 4.74 Å². The molecule has 27 heavy (non-hydrogen) atoms. The van der Waals surface area contributed by atoms with Gasteiger partial charge in [-0.1, -0.05) is 0 Å². The maximum absolute atomic E-state index is 12.5. The molecule has 0 aromatic heterocycles. The van der Waals surface area contributed by atoms with Crippen LogP contribution in [0.5, 0.6) is 0 Å². The van der Waals surface area contributed by atoms with Crippen LogP contribution in [0.25, 0.3) is 0 Å². The van der Waals surface area contributed by atoms with Gasteiger partial charge < -0.3 is 15.0 Å². The number of likely N-dealkylation sites (tertiary alicyclic amines) is 1. The van der Waals surface area contributed by atoms with Crippen molar-refractivity contribution in [1.29, 1.82) is 0 Å². The number of nitrogens with one attached hydrogen (secondary N) is 1. The first kappa shape index (κ1) is 19.4. The van der Waals surface area contributed by atoms with Crippen molar-refractivity contribution in [2.75, 3.05) is 32.7 Å². The minimum absolute atomic E-state index is 0.00559. The molecule has 1 aromatic carbocycles. The van der Waals surface area contributed by atoms with E-state index in [1.165, 1.54) is 12.1 Å². The number of piperazine rings is 1. The first-order valence-electron chi connectivity index (χ1n) is 8.76. The summed E-state index contributed by atoms with van der Waals surface area (Å²) in [5, 5.41) is 13.5. The predicted octanol–water partition coefficient (Wildman–Crippen LogP) is 1.04. The molecule has 2 heterocycles. The van der Waals surface area contributed by atoms with E-state index in [0.29, 0.717) is 31.7 Å². The second-order valence-electron chi connectivity index (χ2n) is 6.76. The summed E-state index contributed by atoms with van der Waals surface area (Å²) in [7, 11) is 0. The normalized spacial score (nSPS) is 23.1. The number of ether oxygens (including phenoxy) is 1. The molecule has 3 rings (SSSR count). The van der Waals surface area contributed by atoms with Gasteiger partial charge in [0.05, 0.1) is 11.5 Å². The lowest BCUT2D eigenvalue weighted by Gasteiger charge is -2.32. The quantitative estimate of drug-likeness (QED) is 0.439. The molecule has 146 valence electrons. The zero-order valence-electron chi connectivity index (χ0n) is 14.7. The standard InChI is InChI=1S/C17H22N4O5S/c22-16-10-19(6-5-18-16)8-14-7-15(27)9-20(14)17(23)26-11-12-1-3-13(4-2-12)21(24)25/h1-4,14-15,27H,5-11H2,(H,18,22)/t14-,15-/m0/s1. The fraction of sp³-hybridized carbons (Fsp3) is 0.529. The molecular formula is C17H22N4O5S. The molecule has 0 saturated carbocycles. The molecule has 0 unspecified atom stereocenters. The molecule has 0 radical (unpaired) electrons. The third-order valence-electron chi connectivity index (χ3n) is 4.72. The van der Waals surface area contributed by atoms with E-state index in [1.54, 1.807) is 17.0 Å². The highest BCUT2D eigenvalue weighted by Gasteiger charge is 2.36. The van der Waals surface area contributed by atoms with E-state index in [1.807, 2.05) is 4.90 Å². The van der Waals surface area contributed by atoms with Crippen LogP contribution < -0.4 is 5.32 Å². The summed E-state index contributed by atoms with van der Waals surface area (Å²) >= 11 is 4.50. The fourth-order valence-electron chi connectivity index (χ4n) is 3.38. The summed E-state index contributed by atoms with van der Waals surface area (Å²) in [5.74, 6) is -0.00559. The number of amides is 2. The summed E-state index contributed by atoms with van der Waals surface area (Å²) in [6.45, 7) is 2.85. The number of nitro benzene ring substituents is 1. The number of carbonyl (C=O) groups excluding carboxylic acids is 2. The highest BCUT2D eigenvalue weighted by molar-refractivity contribution is 7.81. The topological polar surface area (TPSA) is 105 Å². The Morgan fingerprint density at radius 3 is 2.78 bits per heavy atom. The molecular weight excluding hydrogens is 372 g/mol. The summed E-state index contributed by atoms with van der Waals surface area (Å²) in [4.78, 5) is 38.0. The molecule has 0 aliphatic carbocycles. The Balaban J connectivity index is 1.55. The van der Waals surface area contributed by atoms with Gasteiger partial charge in [0, 0.05) is 49.6 Å². The Morgan fingerprint density at radius 1 is 1.37 bits per heavy atom. The molecule has 1 N–H and O–H groups in total. The Kier molecular flexibility index (Phi) is 6.17. The van der Waals surface area contributed by atoms with Crippen molar-refractivity contribution in [2.45, 2.75) is 24.3 Å². The number of hydrogen-bond acceptors (Lipinski definition) is 7. The van der Waals surface area contributed by atoms with Crippen LogP contribution in [0.1, 0.15) is 12.0 Å². The third kappa shape index (κ3) is 5.10. The van der Waals surface area contributed by atoms with Crippen molar-refractivity contribution in [2.24, 2.45) is 0 Å². The molecule has 0 spiro atoms. The average molecular weight is 394 g/mol. The smallest absolute Gasteiger partial charge is 0.410 e. The van der Waals surface area contributed by atoms with Gasteiger partial charge in [-0.2, -0.15) is 12.6 Å². The number of benzene rings is 1. The SMILES string of the molecule is O=C1CN(C[C@@H]2C[C@H](S)CN2C(=O)OCc2ccc([N+](=O)[O-])cc2)CCN1. The monoisotopic (exact) mass is 394 g/mol. The maximum atomic E-state index is 12.5. The first-order valence-corrected chi connectivity index (χ1v) is 9.28. The molecule has 0 bridgehead atoms. The zero-order chi connectivity index (χ0) is 19.4. The second kappa shape index (κ2) is 8.57. The molecule has 2 aliphatic rings. The molecule has 2 saturated heterocycles. The van der Waals surface area contributed by atoms with E-state index in [9.17, 15) is 19.7 Å². The van der Waals surface area contributed by atoms with Gasteiger partial charge in [-0.25, -0.2) is 4.79 Å². The van der Waals surface area contributed by atoms with Gasteiger partial charge in [-0.05, 0) is 24.1 Å². The van der Waals surface area contributed by atoms with Crippen molar-refractivity contribution in [3.8, 4) is 0 Å². The third-order valence-corrected chi connectivity index (χ3v) is 5.10. The number of nitrogens with zero attached hydrogens (tertiary/aromatic N) is 3. The van der Waals surface area contributed by atoms with Crippen LogP contribution in [-0.4, -0.2) is 70.7 Å². The Hall–Kier alpha value is -2.33. The molecule has 10 heteroatoms. The van der Waals surface area contributed by atoms with Crippen molar-refractivity contribution in [3.05, 3.63) is 39.9 Å². The number of nitro groups is 1. The number of carbonyl (C=O) groups is 2. The van der Waals surface area contributed by atoms with Gasteiger partial charge >= 0.3 is 6.09 Å². The minimum Gasteiger partial charge on any atom is -0.445 e. The summed E-state index contributed by atoms with van der Waals surface area (Å²) in [6, 6.07) is 5.85. The van der Waals surface area contributed by atoms with Gasteiger partial charge in [-0.3, -0.25) is 19.8 Å². The van der Waals surface area contributed by atoms with Crippen LogP contribution in [0, 0.1) is 10.1 Å². The van der Waals surface area contributed by atoms with E-state index in [2.05, 4.69) is 17.9 Å². The summed E-state index contributed by atoms with van der Waals surface area (Å²) < 4.78 is 5.39. The molecule has 2 atom stereocenters. The number of hydrogen-bond donors (Lipinski definition) is 2. The Morgan fingerprint density at radius 2 is 2.11 bits per heavy atom. The number of non-ortho nitro benzene ring substituents is 1. The van der Waals surface area contributed by atoms with Crippen LogP contribution >= 0.6 is 12.6 Å². The van der Waals surface area contributed by atoms with Crippen molar-refractivity contribution < 1.29 is 19.2 Å². The van der Waals surface area contributed by atoms with Gasteiger partial charge in [0.2, 0.25) is 5.91 Å². The van der Waals surface area contributed by atoms with Crippen LogP contribution in [0.3, 0.4) is 0 Å². The van der Waals surface area contributed by atoms with Crippen molar-refractivity contribution in [1.82, 2.24) is 15.1 Å². The second-order valence-corrected chi connectivity index (χ2v) is 7.49. The predicted molar refractivity (Wildman–Crippen MR) is 101 cm³/mol. The van der Waals surface area contributed by atoms with E-state index in [0.717, 1.165) is 13.0 Å². The van der Waals surface area contributed by atoms with Crippen LogP contribution in [0.15, 0.2) is 24.3 Å². The first-order chi connectivity index (χ1) is 12.9. The van der Waals surface area contributed by atoms with Gasteiger partial charge in [0.1, 0.15) is 6.61 Å². The van der Waals surface area contributed by atoms with Crippen molar-refractivity contribution >= 4 is 30.3 Å². The van der Waals surface area contributed by atoms with Gasteiger partial charge in [-0.15, -0.1) is 0 Å².